The Balaban J connectivity index is 2.61. The van der Waals surface area contributed by atoms with E-state index in [0.717, 1.165) is 12.1 Å². The Morgan fingerprint density at radius 3 is 2.62 bits per heavy atom. The monoisotopic (exact) mass is 300 g/mol. The summed E-state index contributed by atoms with van der Waals surface area (Å²) in [5, 5.41) is 22.1. The predicted octanol–water partition coefficient (Wildman–Crippen LogP) is 1.33. The Labute approximate surface area is 122 Å². The number of ether oxygens (including phenoxy) is 1. The predicted molar refractivity (Wildman–Crippen MR) is 76.0 cm³/mol. The van der Waals surface area contributed by atoms with Crippen molar-refractivity contribution in [1.29, 1.82) is 0 Å². The van der Waals surface area contributed by atoms with Gasteiger partial charge >= 0.3 is 6.09 Å². The van der Waals surface area contributed by atoms with Gasteiger partial charge in [-0.2, -0.15) is 0 Å². The summed E-state index contributed by atoms with van der Waals surface area (Å²) in [6, 6.07) is 3.48. The minimum absolute atomic E-state index is 0.0634. The summed E-state index contributed by atoms with van der Waals surface area (Å²) in [4.78, 5) is 11.4. The number of nitrogens with one attached hydrogen (secondary N) is 1. The molecular formula is C14H21FN2O4. The second kappa shape index (κ2) is 6.73. The summed E-state index contributed by atoms with van der Waals surface area (Å²) in [5.41, 5.74) is 5.17. The molecule has 0 saturated heterocycles. The molecule has 1 aromatic carbocycles. The quantitative estimate of drug-likeness (QED) is 0.628. The molecular weight excluding hydrogens is 279 g/mol. The first-order chi connectivity index (χ1) is 9.60. The van der Waals surface area contributed by atoms with Gasteiger partial charge in [0.05, 0.1) is 0 Å². The molecule has 21 heavy (non-hydrogen) atoms. The van der Waals surface area contributed by atoms with E-state index in [1.165, 1.54) is 6.07 Å². The summed E-state index contributed by atoms with van der Waals surface area (Å²) < 4.78 is 18.1. The van der Waals surface area contributed by atoms with Crippen LogP contribution >= 0.6 is 0 Å². The molecule has 0 aromatic heterocycles. The van der Waals surface area contributed by atoms with Crippen LogP contribution < -0.4 is 11.1 Å². The number of rotatable bonds is 4. The Kier molecular flexibility index (Phi) is 5.51. The molecule has 1 aromatic rings. The summed E-state index contributed by atoms with van der Waals surface area (Å²) in [6.45, 7) is 4.84. The number of halogens is 1. The van der Waals surface area contributed by atoms with Crippen molar-refractivity contribution in [3.05, 3.63) is 29.6 Å². The number of hydrogen-bond acceptors (Lipinski definition) is 5. The molecule has 1 amide bonds. The van der Waals surface area contributed by atoms with Gasteiger partial charge in [0, 0.05) is 17.8 Å². The normalized spacial score (nSPS) is 14.4. The zero-order valence-electron chi connectivity index (χ0n) is 12.3. The Bertz CT molecular complexity index is 502. The van der Waals surface area contributed by atoms with Crippen LogP contribution in [0.15, 0.2) is 18.2 Å². The number of alkyl carbamates (subject to hydrolysis) is 1. The third-order valence-electron chi connectivity index (χ3n) is 2.59. The minimum Gasteiger partial charge on any atom is -0.444 e. The first kappa shape index (κ1) is 17.2. The molecule has 0 aliphatic carbocycles. The van der Waals surface area contributed by atoms with Gasteiger partial charge in [-0.15, -0.1) is 0 Å². The average Bonchev–Trinajstić information content (AvgIpc) is 2.36. The van der Waals surface area contributed by atoms with E-state index in [-0.39, 0.29) is 17.8 Å². The molecule has 0 saturated carbocycles. The zero-order valence-corrected chi connectivity index (χ0v) is 12.3. The average molecular weight is 300 g/mol. The molecule has 0 radical (unpaired) electrons. The third-order valence-corrected chi connectivity index (χ3v) is 2.59. The molecule has 1 rings (SSSR count). The van der Waals surface area contributed by atoms with Crippen molar-refractivity contribution < 1.29 is 24.1 Å². The molecule has 0 aliphatic heterocycles. The maximum atomic E-state index is 13.1. The lowest BCUT2D eigenvalue weighted by molar-refractivity contribution is 0.0131. The van der Waals surface area contributed by atoms with E-state index in [4.69, 9.17) is 10.5 Å². The fourth-order valence-corrected chi connectivity index (χ4v) is 1.62. The molecule has 0 aliphatic rings. The van der Waals surface area contributed by atoms with Gasteiger partial charge in [0.1, 0.15) is 23.6 Å². The van der Waals surface area contributed by atoms with Crippen LogP contribution in [-0.2, 0) is 4.74 Å². The number of anilines is 1. The van der Waals surface area contributed by atoms with Gasteiger partial charge in [-0.25, -0.2) is 9.18 Å². The van der Waals surface area contributed by atoms with Gasteiger partial charge in [0.2, 0.25) is 0 Å². The van der Waals surface area contributed by atoms with Gasteiger partial charge in [-0.1, -0.05) is 0 Å². The number of nitrogen functional groups attached to an aromatic ring is 1. The highest BCUT2D eigenvalue weighted by Gasteiger charge is 2.23. The molecule has 0 spiro atoms. The highest BCUT2D eigenvalue weighted by atomic mass is 19.1. The fourth-order valence-electron chi connectivity index (χ4n) is 1.62. The van der Waals surface area contributed by atoms with E-state index in [1.807, 2.05) is 0 Å². The summed E-state index contributed by atoms with van der Waals surface area (Å²) in [7, 11) is 0. The van der Waals surface area contributed by atoms with Crippen LogP contribution in [0.3, 0.4) is 0 Å². The zero-order chi connectivity index (χ0) is 16.2. The molecule has 0 bridgehead atoms. The number of carbonyl (C=O) groups is 1. The number of amides is 1. The molecule has 2 atom stereocenters. The second-order valence-corrected chi connectivity index (χ2v) is 5.67. The molecule has 0 fully saturated rings. The molecule has 5 N–H and O–H groups in total. The summed E-state index contributed by atoms with van der Waals surface area (Å²) in [6.07, 6.45) is -3.49. The number of aliphatic hydroxyl groups excluding tert-OH is 2. The number of carbonyl (C=O) groups excluding carboxylic acids is 1. The van der Waals surface area contributed by atoms with Crippen LogP contribution in [0.2, 0.25) is 0 Å². The van der Waals surface area contributed by atoms with Crippen molar-refractivity contribution in [3.8, 4) is 0 Å². The topological polar surface area (TPSA) is 105 Å². The van der Waals surface area contributed by atoms with Crippen molar-refractivity contribution >= 4 is 11.8 Å². The largest absolute Gasteiger partial charge is 0.444 e. The standard InChI is InChI=1S/C14H21FN2O4/c1-14(2,3)21-13(20)17-7-11(18)12(19)9-6-8(15)4-5-10(9)16/h4-6,11-12,18-19H,7,16H2,1-3H3,(H,17,20). The smallest absolute Gasteiger partial charge is 0.407 e. The van der Waals surface area contributed by atoms with Gasteiger partial charge < -0.3 is 26.0 Å². The molecule has 118 valence electrons. The van der Waals surface area contributed by atoms with E-state index in [9.17, 15) is 19.4 Å². The minimum atomic E-state index is -1.42. The van der Waals surface area contributed by atoms with Crippen LogP contribution in [0.25, 0.3) is 0 Å². The molecule has 7 heteroatoms. The highest BCUT2D eigenvalue weighted by molar-refractivity contribution is 5.67. The summed E-state index contributed by atoms with van der Waals surface area (Å²) >= 11 is 0. The second-order valence-electron chi connectivity index (χ2n) is 5.67. The third kappa shape index (κ3) is 5.57. The van der Waals surface area contributed by atoms with Crippen LogP contribution in [0.4, 0.5) is 14.9 Å². The SMILES string of the molecule is CC(C)(C)OC(=O)NCC(O)C(O)c1cc(F)ccc1N. The number of nitrogens with two attached hydrogens (primary N) is 1. The van der Waals surface area contributed by atoms with Crippen LogP contribution in [0.1, 0.15) is 32.4 Å². The maximum absolute atomic E-state index is 13.1. The van der Waals surface area contributed by atoms with Crippen LogP contribution in [-0.4, -0.2) is 34.6 Å². The fraction of sp³-hybridized carbons (Fsp3) is 0.500. The van der Waals surface area contributed by atoms with Crippen molar-refractivity contribution in [2.75, 3.05) is 12.3 Å². The Morgan fingerprint density at radius 1 is 1.43 bits per heavy atom. The first-order valence-corrected chi connectivity index (χ1v) is 6.48. The van der Waals surface area contributed by atoms with Crippen LogP contribution in [0.5, 0.6) is 0 Å². The van der Waals surface area contributed by atoms with Gasteiger partial charge in [-0.3, -0.25) is 0 Å². The lowest BCUT2D eigenvalue weighted by Crippen LogP contribution is -2.39. The Hall–Kier alpha value is -1.86. The first-order valence-electron chi connectivity index (χ1n) is 6.48. The highest BCUT2D eigenvalue weighted by Crippen LogP contribution is 2.24. The van der Waals surface area contributed by atoms with Crippen LogP contribution in [0, 0.1) is 5.82 Å². The van der Waals surface area contributed by atoms with Gasteiger partial charge in [0.25, 0.3) is 0 Å². The van der Waals surface area contributed by atoms with E-state index >= 15 is 0 Å². The van der Waals surface area contributed by atoms with E-state index in [0.29, 0.717) is 0 Å². The molecule has 6 nitrogen and oxygen atoms in total. The van der Waals surface area contributed by atoms with Crippen molar-refractivity contribution in [2.45, 2.75) is 38.6 Å². The maximum Gasteiger partial charge on any atom is 0.407 e. The van der Waals surface area contributed by atoms with Crippen molar-refractivity contribution in [1.82, 2.24) is 5.32 Å². The van der Waals surface area contributed by atoms with Crippen molar-refractivity contribution in [3.63, 3.8) is 0 Å². The summed E-state index contributed by atoms with van der Waals surface area (Å²) in [5.74, 6) is -0.578. The number of benzene rings is 1. The lowest BCUT2D eigenvalue weighted by Gasteiger charge is -2.22. The van der Waals surface area contributed by atoms with Crippen molar-refractivity contribution in [2.24, 2.45) is 0 Å². The number of hydrogen-bond donors (Lipinski definition) is 4. The lowest BCUT2D eigenvalue weighted by atomic mass is 10.0. The van der Waals surface area contributed by atoms with E-state index in [2.05, 4.69) is 5.32 Å². The van der Waals surface area contributed by atoms with E-state index in [1.54, 1.807) is 20.8 Å². The number of aliphatic hydroxyl groups is 2. The van der Waals surface area contributed by atoms with E-state index < -0.39 is 29.7 Å². The van der Waals surface area contributed by atoms with Gasteiger partial charge in [-0.05, 0) is 39.0 Å². The van der Waals surface area contributed by atoms with Gasteiger partial charge in [0.15, 0.2) is 0 Å². The molecule has 0 heterocycles. The molecule has 2 unspecified atom stereocenters. The Morgan fingerprint density at radius 2 is 2.05 bits per heavy atom.